The summed E-state index contributed by atoms with van der Waals surface area (Å²) in [7, 11) is 0. The number of H-pyrrole nitrogens is 1. The number of nitrogens with zero attached hydrogens (tertiary/aromatic N) is 3. The molecule has 2 amide bonds. The van der Waals surface area contributed by atoms with E-state index in [2.05, 4.69) is 32.2 Å². The number of fused-ring (bicyclic) bond motifs is 1. The first-order valence-corrected chi connectivity index (χ1v) is 15.0. The van der Waals surface area contributed by atoms with Gasteiger partial charge in [-0.05, 0) is 50.5 Å². The highest BCUT2D eigenvalue weighted by Crippen LogP contribution is 2.58. The molecule has 43 heavy (non-hydrogen) atoms. The third-order valence-electron chi connectivity index (χ3n) is 7.25. The number of hydrogen-bond acceptors (Lipinski definition) is 6. The molecule has 1 aliphatic heterocycles. The third-order valence-corrected chi connectivity index (χ3v) is 7.25. The zero-order chi connectivity index (χ0) is 31.2. The lowest BCUT2D eigenvalue weighted by atomic mass is 10.0. The lowest BCUT2D eigenvalue weighted by molar-refractivity contribution is -0.125. The summed E-state index contributed by atoms with van der Waals surface area (Å²) < 4.78 is 5.55. The van der Waals surface area contributed by atoms with E-state index in [0.717, 1.165) is 59.4 Å². The predicted molar refractivity (Wildman–Crippen MR) is 171 cm³/mol. The summed E-state index contributed by atoms with van der Waals surface area (Å²) in [6.07, 6.45) is 11.0. The van der Waals surface area contributed by atoms with Crippen molar-refractivity contribution in [3.8, 4) is 11.5 Å². The number of carbonyl (C=O) groups is 2. The summed E-state index contributed by atoms with van der Waals surface area (Å²) in [6, 6.07) is 13.6. The van der Waals surface area contributed by atoms with Gasteiger partial charge in [0.15, 0.2) is 0 Å². The molecule has 2 fully saturated rings. The van der Waals surface area contributed by atoms with Crippen LogP contribution in [0.25, 0.3) is 22.4 Å². The first-order valence-electron chi connectivity index (χ1n) is 15.0. The van der Waals surface area contributed by atoms with Gasteiger partial charge in [0.05, 0.1) is 24.5 Å². The Morgan fingerprint density at radius 2 is 1.86 bits per heavy atom. The van der Waals surface area contributed by atoms with E-state index in [1.54, 1.807) is 18.7 Å². The summed E-state index contributed by atoms with van der Waals surface area (Å²) in [6.45, 7) is 15.8. The number of carbonyl (C=O) groups excluding carboxylic acids is 2. The molecule has 1 aromatic carbocycles. The van der Waals surface area contributed by atoms with Crippen molar-refractivity contribution in [3.05, 3.63) is 96.6 Å². The Balaban J connectivity index is 0.000000250. The molecule has 3 N–H and O–H groups in total. The minimum absolute atomic E-state index is 0.00643. The van der Waals surface area contributed by atoms with Crippen LogP contribution < -0.4 is 10.6 Å². The van der Waals surface area contributed by atoms with Gasteiger partial charge in [-0.15, -0.1) is 0 Å². The van der Waals surface area contributed by atoms with Gasteiger partial charge in [-0.25, -0.2) is 4.98 Å². The lowest BCUT2D eigenvalue weighted by Gasteiger charge is -2.21. The molecule has 3 aromatic heterocycles. The molecule has 0 atom stereocenters. The standard InChI is InChI=1S/C21H23N3O2.C9H9N3O.2C2H6/c1-3-18(20(25)24-12-11-21(9-10-21)15(24)2)22-13-17-14-26-19(23-17)16-7-5-4-6-8-16;13-6-11-5-8-3-7-4-10-2-1-9(7)12-8;2*1-2/h3-8,14,22H,2,9-13H2,1H3;1-4,6,12H,5H2,(H,11,13);2*1-2H3/b18-3+;;;. The van der Waals surface area contributed by atoms with Gasteiger partial charge in [0.2, 0.25) is 12.3 Å². The monoisotopic (exact) mass is 584 g/mol. The number of likely N-dealkylation sites (tertiary alicyclic amines) is 1. The van der Waals surface area contributed by atoms with Crippen LogP contribution in [0.15, 0.2) is 89.6 Å². The van der Waals surface area contributed by atoms with Gasteiger partial charge in [0, 0.05) is 52.2 Å². The van der Waals surface area contributed by atoms with Gasteiger partial charge in [0.25, 0.3) is 5.91 Å². The van der Waals surface area contributed by atoms with Gasteiger partial charge in [-0.1, -0.05) is 58.5 Å². The van der Waals surface area contributed by atoms with E-state index < -0.39 is 0 Å². The van der Waals surface area contributed by atoms with Crippen LogP contribution in [0.1, 0.15) is 65.3 Å². The maximum absolute atomic E-state index is 12.8. The number of rotatable bonds is 8. The molecule has 2 aliphatic rings. The maximum Gasteiger partial charge on any atom is 0.273 e. The van der Waals surface area contributed by atoms with E-state index in [9.17, 15) is 9.59 Å². The largest absolute Gasteiger partial charge is 0.444 e. The van der Waals surface area contributed by atoms with Gasteiger partial charge >= 0.3 is 0 Å². The van der Waals surface area contributed by atoms with Crippen molar-refractivity contribution in [2.24, 2.45) is 5.41 Å². The topological polar surface area (TPSA) is 116 Å². The highest BCUT2D eigenvalue weighted by molar-refractivity contribution is 5.94. The smallest absolute Gasteiger partial charge is 0.273 e. The molecule has 9 nitrogen and oxygen atoms in total. The number of amides is 2. The molecule has 6 rings (SSSR count). The van der Waals surface area contributed by atoms with Crippen LogP contribution in [0.4, 0.5) is 0 Å². The first-order chi connectivity index (χ1) is 21.0. The first kappa shape index (κ1) is 32.8. The molecule has 1 aliphatic carbocycles. The molecule has 228 valence electrons. The van der Waals surface area contributed by atoms with E-state index in [1.807, 2.05) is 88.1 Å². The fourth-order valence-electron chi connectivity index (χ4n) is 4.82. The molecule has 0 unspecified atom stereocenters. The molecule has 1 saturated carbocycles. The molecule has 0 radical (unpaired) electrons. The second-order valence-corrected chi connectivity index (χ2v) is 9.76. The Kier molecular flexibility index (Phi) is 12.3. The zero-order valence-corrected chi connectivity index (χ0v) is 25.9. The maximum atomic E-state index is 12.8. The summed E-state index contributed by atoms with van der Waals surface area (Å²) >= 11 is 0. The number of oxazole rings is 1. The van der Waals surface area contributed by atoms with Gasteiger partial charge in [-0.3, -0.25) is 14.6 Å². The fourth-order valence-corrected chi connectivity index (χ4v) is 4.82. The molecule has 9 heteroatoms. The lowest BCUT2D eigenvalue weighted by Crippen LogP contribution is -2.33. The van der Waals surface area contributed by atoms with Crippen molar-refractivity contribution < 1.29 is 14.0 Å². The van der Waals surface area contributed by atoms with Crippen LogP contribution in [-0.4, -0.2) is 38.7 Å². The number of aromatic nitrogens is 3. The average molecular weight is 585 g/mol. The number of benzene rings is 1. The molecule has 4 aromatic rings. The van der Waals surface area contributed by atoms with Crippen molar-refractivity contribution in [2.45, 2.75) is 67.0 Å². The Morgan fingerprint density at radius 3 is 2.49 bits per heavy atom. The van der Waals surface area contributed by atoms with Crippen LogP contribution in [0, 0.1) is 5.41 Å². The van der Waals surface area contributed by atoms with Crippen molar-refractivity contribution in [3.63, 3.8) is 0 Å². The third kappa shape index (κ3) is 8.22. The summed E-state index contributed by atoms with van der Waals surface area (Å²) in [5, 5.41) is 6.86. The minimum atomic E-state index is -0.00643. The minimum Gasteiger partial charge on any atom is -0.444 e. The van der Waals surface area contributed by atoms with Crippen LogP contribution in [0.2, 0.25) is 0 Å². The molecule has 4 heterocycles. The highest BCUT2D eigenvalue weighted by atomic mass is 16.3. The summed E-state index contributed by atoms with van der Waals surface area (Å²) in [5.41, 5.74) is 5.49. The Labute approximate surface area is 254 Å². The van der Waals surface area contributed by atoms with Crippen LogP contribution >= 0.6 is 0 Å². The van der Waals surface area contributed by atoms with E-state index in [1.165, 1.54) is 0 Å². The second-order valence-electron chi connectivity index (χ2n) is 9.76. The normalized spacial score (nSPS) is 14.5. The number of nitrogens with one attached hydrogen (secondary N) is 3. The van der Waals surface area contributed by atoms with Crippen LogP contribution in [0.3, 0.4) is 0 Å². The van der Waals surface area contributed by atoms with Crippen molar-refractivity contribution in [1.82, 2.24) is 30.5 Å². The Hall–Kier alpha value is -4.66. The SMILES string of the molecule is C=C1N(C(=O)/C(=C\C)NCc2coc(-c3ccccc3)n2)CCC12CC2.CC.CC.O=CNCc1cc2cnccc2[nH]1. The summed E-state index contributed by atoms with van der Waals surface area (Å²) in [4.78, 5) is 36.4. The number of allylic oxidation sites excluding steroid dienone is 2. The van der Waals surface area contributed by atoms with Crippen molar-refractivity contribution in [2.75, 3.05) is 6.54 Å². The van der Waals surface area contributed by atoms with E-state index in [-0.39, 0.29) is 11.3 Å². The van der Waals surface area contributed by atoms with E-state index in [4.69, 9.17) is 4.42 Å². The van der Waals surface area contributed by atoms with Crippen molar-refractivity contribution >= 4 is 23.2 Å². The van der Waals surface area contributed by atoms with Crippen LogP contribution in [-0.2, 0) is 22.7 Å². The highest BCUT2D eigenvalue weighted by Gasteiger charge is 2.52. The van der Waals surface area contributed by atoms with E-state index in [0.29, 0.717) is 31.1 Å². The predicted octanol–water partition coefficient (Wildman–Crippen LogP) is 6.72. The van der Waals surface area contributed by atoms with Gasteiger partial charge in [0.1, 0.15) is 6.26 Å². The molecule has 1 spiro atoms. The average Bonchev–Trinajstić information content (AvgIpc) is 3.36. The Morgan fingerprint density at radius 1 is 1.12 bits per heavy atom. The number of pyridine rings is 1. The quantitative estimate of drug-likeness (QED) is 0.156. The molecular formula is C34H44N6O3. The van der Waals surface area contributed by atoms with Crippen molar-refractivity contribution in [1.29, 1.82) is 0 Å². The number of hydrogen-bond donors (Lipinski definition) is 3. The Bertz CT molecular complexity index is 1470. The second kappa shape index (κ2) is 16.1. The fraction of sp³-hybridized carbons (Fsp3) is 0.353. The van der Waals surface area contributed by atoms with Crippen LogP contribution in [0.5, 0.6) is 0 Å². The molecule has 0 bridgehead atoms. The number of aromatic amines is 1. The van der Waals surface area contributed by atoms with E-state index >= 15 is 0 Å². The molecule has 1 saturated heterocycles. The van der Waals surface area contributed by atoms with Gasteiger partial charge in [-0.2, -0.15) is 0 Å². The van der Waals surface area contributed by atoms with Gasteiger partial charge < -0.3 is 24.9 Å². The summed E-state index contributed by atoms with van der Waals surface area (Å²) in [5.74, 6) is 0.576. The molecular weight excluding hydrogens is 540 g/mol. The zero-order valence-electron chi connectivity index (χ0n) is 25.9.